The Morgan fingerprint density at radius 1 is 1.19 bits per heavy atom. The van der Waals surface area contributed by atoms with Gasteiger partial charge < -0.3 is 10.2 Å². The molecule has 6 nitrogen and oxygen atoms in total. The van der Waals surface area contributed by atoms with E-state index < -0.39 is 17.5 Å². The van der Waals surface area contributed by atoms with E-state index in [1.165, 1.54) is 0 Å². The molecule has 3 atom stereocenters. The van der Waals surface area contributed by atoms with E-state index in [1.807, 2.05) is 18.7 Å². The molecule has 1 N–H and O–H groups in total. The summed E-state index contributed by atoms with van der Waals surface area (Å²) in [4.78, 5) is 41.0. The van der Waals surface area contributed by atoms with E-state index >= 15 is 0 Å². The Morgan fingerprint density at radius 2 is 1.77 bits per heavy atom. The average Bonchev–Trinajstić information content (AvgIpc) is 2.79. The predicted molar refractivity (Wildman–Crippen MR) is 98.7 cm³/mol. The number of benzene rings is 1. The third-order valence-electron chi connectivity index (χ3n) is 5.47. The maximum absolute atomic E-state index is 12.9. The maximum Gasteiger partial charge on any atom is 0.325 e. The molecule has 0 bridgehead atoms. The van der Waals surface area contributed by atoms with Gasteiger partial charge in [0.2, 0.25) is 5.91 Å². The van der Waals surface area contributed by atoms with Crippen LogP contribution in [0, 0.1) is 0 Å². The number of hydrogen-bond donors (Lipinski definition) is 1. The molecule has 0 aliphatic carbocycles. The molecule has 2 aliphatic heterocycles. The van der Waals surface area contributed by atoms with Crippen molar-refractivity contribution in [1.29, 1.82) is 0 Å². The second-order valence-corrected chi connectivity index (χ2v) is 7.82. The van der Waals surface area contributed by atoms with Crippen molar-refractivity contribution in [2.45, 2.75) is 57.7 Å². The molecule has 2 saturated heterocycles. The van der Waals surface area contributed by atoms with Crippen LogP contribution >= 0.6 is 11.6 Å². The second-order valence-electron chi connectivity index (χ2n) is 7.38. The number of halogens is 1. The van der Waals surface area contributed by atoms with E-state index in [4.69, 9.17) is 11.6 Å². The fourth-order valence-electron chi connectivity index (χ4n) is 3.95. The van der Waals surface area contributed by atoms with Gasteiger partial charge in [0.25, 0.3) is 5.91 Å². The summed E-state index contributed by atoms with van der Waals surface area (Å²) in [6, 6.07) is 6.46. The first-order valence-corrected chi connectivity index (χ1v) is 9.33. The standard InChI is InChI=1S/C19H24ClN3O3/c1-12-5-4-6-13(2)23(12)16(24)11-22-17(25)19(3,21-18(22)26)14-7-9-15(20)10-8-14/h7-10,12-13H,4-6,11H2,1-3H3,(H,21,26). The van der Waals surface area contributed by atoms with Gasteiger partial charge in [-0.25, -0.2) is 4.79 Å². The van der Waals surface area contributed by atoms with Crippen LogP contribution in [-0.2, 0) is 15.1 Å². The van der Waals surface area contributed by atoms with Gasteiger partial charge in [0, 0.05) is 17.1 Å². The minimum atomic E-state index is -1.19. The Hall–Kier alpha value is -2.08. The number of piperidine rings is 1. The summed E-state index contributed by atoms with van der Waals surface area (Å²) >= 11 is 5.91. The molecule has 0 spiro atoms. The zero-order valence-corrected chi connectivity index (χ0v) is 16.0. The molecule has 2 aliphatic rings. The molecule has 3 rings (SSSR count). The zero-order valence-electron chi connectivity index (χ0n) is 15.3. The van der Waals surface area contributed by atoms with Crippen LogP contribution in [0.5, 0.6) is 0 Å². The summed E-state index contributed by atoms with van der Waals surface area (Å²) in [6.45, 7) is 5.43. The fraction of sp³-hybridized carbons (Fsp3) is 0.526. The lowest BCUT2D eigenvalue weighted by atomic mass is 9.92. The van der Waals surface area contributed by atoms with Gasteiger partial charge in [-0.15, -0.1) is 0 Å². The number of imide groups is 1. The van der Waals surface area contributed by atoms with E-state index in [-0.39, 0.29) is 24.5 Å². The summed E-state index contributed by atoms with van der Waals surface area (Å²) in [6.07, 6.45) is 2.97. The number of rotatable bonds is 3. The second kappa shape index (κ2) is 6.91. The van der Waals surface area contributed by atoms with Crippen LogP contribution in [-0.4, -0.2) is 46.3 Å². The van der Waals surface area contributed by atoms with Crippen LogP contribution in [0.4, 0.5) is 4.79 Å². The first-order valence-electron chi connectivity index (χ1n) is 8.95. The Kier molecular flexibility index (Phi) is 4.97. The minimum absolute atomic E-state index is 0.120. The third-order valence-corrected chi connectivity index (χ3v) is 5.72. The molecule has 1 aromatic rings. The molecule has 7 heteroatoms. The monoisotopic (exact) mass is 377 g/mol. The largest absolute Gasteiger partial charge is 0.336 e. The lowest BCUT2D eigenvalue weighted by Crippen LogP contribution is -2.52. The number of urea groups is 1. The summed E-state index contributed by atoms with van der Waals surface area (Å²) in [5.74, 6) is -0.607. The number of hydrogen-bond acceptors (Lipinski definition) is 3. The molecule has 26 heavy (non-hydrogen) atoms. The van der Waals surface area contributed by atoms with Crippen LogP contribution < -0.4 is 5.32 Å². The van der Waals surface area contributed by atoms with Crippen molar-refractivity contribution in [1.82, 2.24) is 15.1 Å². The Balaban J connectivity index is 1.79. The molecular weight excluding hydrogens is 354 g/mol. The number of amides is 4. The molecular formula is C19H24ClN3O3. The van der Waals surface area contributed by atoms with Gasteiger partial charge in [0.15, 0.2) is 0 Å². The van der Waals surface area contributed by atoms with E-state index in [1.54, 1.807) is 31.2 Å². The Morgan fingerprint density at radius 3 is 2.35 bits per heavy atom. The van der Waals surface area contributed by atoms with E-state index in [0.717, 1.165) is 24.2 Å². The zero-order chi connectivity index (χ0) is 19.1. The molecule has 4 amide bonds. The number of nitrogens with one attached hydrogen (secondary N) is 1. The van der Waals surface area contributed by atoms with Gasteiger partial charge in [-0.1, -0.05) is 23.7 Å². The first-order chi connectivity index (χ1) is 12.2. The highest BCUT2D eigenvalue weighted by Crippen LogP contribution is 2.30. The van der Waals surface area contributed by atoms with Gasteiger partial charge in [-0.05, 0) is 57.7 Å². The average molecular weight is 378 g/mol. The smallest absolute Gasteiger partial charge is 0.325 e. The summed E-state index contributed by atoms with van der Waals surface area (Å²) < 4.78 is 0. The van der Waals surface area contributed by atoms with E-state index in [9.17, 15) is 14.4 Å². The lowest BCUT2D eigenvalue weighted by molar-refractivity contribution is -0.142. The SMILES string of the molecule is CC1CCCC(C)N1C(=O)CN1C(=O)NC(C)(c2ccc(Cl)cc2)C1=O. The van der Waals surface area contributed by atoms with Crippen LogP contribution in [0.2, 0.25) is 5.02 Å². The van der Waals surface area contributed by atoms with Crippen LogP contribution in [0.3, 0.4) is 0 Å². The van der Waals surface area contributed by atoms with Crippen molar-refractivity contribution >= 4 is 29.4 Å². The summed E-state index contributed by atoms with van der Waals surface area (Å²) in [5, 5.41) is 3.27. The number of likely N-dealkylation sites (tertiary alicyclic amines) is 1. The molecule has 140 valence electrons. The topological polar surface area (TPSA) is 69.7 Å². The van der Waals surface area contributed by atoms with Gasteiger partial charge in [0.1, 0.15) is 12.1 Å². The van der Waals surface area contributed by atoms with Crippen molar-refractivity contribution in [3.05, 3.63) is 34.9 Å². The molecule has 0 saturated carbocycles. The van der Waals surface area contributed by atoms with Gasteiger partial charge in [0.05, 0.1) is 0 Å². The quantitative estimate of drug-likeness (QED) is 0.823. The molecule has 0 aromatic heterocycles. The Labute approximate surface area is 158 Å². The van der Waals surface area contributed by atoms with Gasteiger partial charge in [-0.3, -0.25) is 14.5 Å². The van der Waals surface area contributed by atoms with Crippen LogP contribution in [0.1, 0.15) is 45.6 Å². The maximum atomic E-state index is 12.9. The molecule has 0 radical (unpaired) electrons. The highest BCUT2D eigenvalue weighted by Gasteiger charge is 2.50. The fourth-order valence-corrected chi connectivity index (χ4v) is 4.08. The molecule has 2 fully saturated rings. The molecule has 1 aromatic carbocycles. The van der Waals surface area contributed by atoms with E-state index in [2.05, 4.69) is 5.32 Å². The number of carbonyl (C=O) groups excluding carboxylic acids is 3. The van der Waals surface area contributed by atoms with Gasteiger partial charge >= 0.3 is 6.03 Å². The van der Waals surface area contributed by atoms with Crippen LogP contribution in [0.15, 0.2) is 24.3 Å². The van der Waals surface area contributed by atoms with Gasteiger partial charge in [-0.2, -0.15) is 0 Å². The van der Waals surface area contributed by atoms with Crippen molar-refractivity contribution in [3.8, 4) is 0 Å². The number of nitrogens with zero attached hydrogens (tertiary/aromatic N) is 2. The third kappa shape index (κ3) is 3.18. The summed E-state index contributed by atoms with van der Waals surface area (Å²) in [7, 11) is 0. The predicted octanol–water partition coefficient (Wildman–Crippen LogP) is 2.90. The van der Waals surface area contributed by atoms with Crippen molar-refractivity contribution in [2.24, 2.45) is 0 Å². The minimum Gasteiger partial charge on any atom is -0.336 e. The molecule has 3 unspecified atom stereocenters. The summed E-state index contributed by atoms with van der Waals surface area (Å²) in [5.41, 5.74) is -0.559. The Bertz CT molecular complexity index is 726. The highest BCUT2D eigenvalue weighted by molar-refractivity contribution is 6.30. The lowest BCUT2D eigenvalue weighted by Gasteiger charge is -2.39. The first kappa shape index (κ1) is 18.7. The van der Waals surface area contributed by atoms with E-state index in [0.29, 0.717) is 10.6 Å². The van der Waals surface area contributed by atoms with Crippen molar-refractivity contribution < 1.29 is 14.4 Å². The van der Waals surface area contributed by atoms with Crippen LogP contribution in [0.25, 0.3) is 0 Å². The highest BCUT2D eigenvalue weighted by atomic mass is 35.5. The molecule has 2 heterocycles. The normalized spacial score (nSPS) is 29.1. The number of carbonyl (C=O) groups is 3. The van der Waals surface area contributed by atoms with Crippen molar-refractivity contribution in [3.63, 3.8) is 0 Å². The van der Waals surface area contributed by atoms with Crippen molar-refractivity contribution in [2.75, 3.05) is 6.54 Å².